The molecule has 0 spiro atoms. The molecule has 0 atom stereocenters. The molecule has 0 radical (unpaired) electrons. The Morgan fingerprint density at radius 1 is 0.818 bits per heavy atom. The maximum atomic E-state index is 12.7. The summed E-state index contributed by atoms with van der Waals surface area (Å²) in [5.74, 6) is 1.63. The van der Waals surface area contributed by atoms with Gasteiger partial charge in [-0.1, -0.05) is 51.8 Å². The summed E-state index contributed by atoms with van der Waals surface area (Å²) in [7, 11) is -3.98. The molecule has 0 amide bonds. The highest BCUT2D eigenvalue weighted by Gasteiger charge is 2.18. The van der Waals surface area contributed by atoms with Gasteiger partial charge in [0.05, 0.1) is 5.69 Å². The molecule has 0 aliphatic heterocycles. The summed E-state index contributed by atoms with van der Waals surface area (Å²) in [6.07, 6.45) is 1.57. The fourth-order valence-electron chi connectivity index (χ4n) is 2.94. The van der Waals surface area contributed by atoms with Crippen LogP contribution in [0.1, 0.15) is 11.1 Å². The normalized spacial score (nSPS) is 11.5. The Bertz CT molecular complexity index is 1370. The Balaban J connectivity index is 1.53. The highest BCUT2D eigenvalue weighted by molar-refractivity contribution is 9.10. The Morgan fingerprint density at radius 3 is 2.18 bits per heavy atom. The van der Waals surface area contributed by atoms with Gasteiger partial charge in [-0.2, -0.15) is 8.42 Å². The molecule has 0 saturated carbocycles. The van der Waals surface area contributed by atoms with E-state index in [1.165, 1.54) is 12.1 Å². The summed E-state index contributed by atoms with van der Waals surface area (Å²) < 4.78 is 37.4. The lowest BCUT2D eigenvalue weighted by Crippen LogP contribution is -2.11. The minimum absolute atomic E-state index is 0.0907. The molecule has 0 aromatic heterocycles. The van der Waals surface area contributed by atoms with Gasteiger partial charge in [0.25, 0.3) is 0 Å². The Hall–Kier alpha value is -3.42. The first-order valence-corrected chi connectivity index (χ1v) is 12.3. The van der Waals surface area contributed by atoms with Gasteiger partial charge in [0, 0.05) is 16.3 Å². The van der Waals surface area contributed by atoms with Crippen LogP contribution in [0.25, 0.3) is 0 Å². The van der Waals surface area contributed by atoms with Crippen molar-refractivity contribution in [3.63, 3.8) is 0 Å². The molecule has 0 aliphatic rings. The zero-order valence-corrected chi connectivity index (χ0v) is 20.1. The number of ether oxygens (including phenoxy) is 1. The van der Waals surface area contributed by atoms with Crippen LogP contribution in [0, 0.1) is 6.92 Å². The van der Waals surface area contributed by atoms with Gasteiger partial charge in [0.2, 0.25) is 0 Å². The third-order valence-corrected chi connectivity index (χ3v) is 6.39. The van der Waals surface area contributed by atoms with Crippen molar-refractivity contribution in [2.24, 2.45) is 4.99 Å². The SMILES string of the molecule is Cc1ccc(S(=O)(=O)Oc2ccc(Br)cc2C=Nc2ccc(Oc3ccccc3)cc2)cc1. The molecule has 33 heavy (non-hydrogen) atoms. The Kier molecular flexibility index (Phi) is 6.91. The minimum Gasteiger partial charge on any atom is -0.457 e. The lowest BCUT2D eigenvalue weighted by molar-refractivity contribution is 0.482. The standard InChI is InChI=1S/C26H20BrNO4S/c1-19-7-14-25(15-8-19)33(29,30)32-26-16-9-21(27)17-20(26)18-28-22-10-12-24(13-11-22)31-23-5-3-2-4-6-23/h2-18H,1H3. The van der Waals surface area contributed by atoms with E-state index in [-0.39, 0.29) is 10.6 Å². The van der Waals surface area contributed by atoms with Crippen molar-refractivity contribution >= 4 is 38.0 Å². The van der Waals surface area contributed by atoms with Crippen LogP contribution in [-0.4, -0.2) is 14.6 Å². The summed E-state index contributed by atoms with van der Waals surface area (Å²) >= 11 is 3.41. The molecule has 0 heterocycles. The topological polar surface area (TPSA) is 65.0 Å². The molecule has 0 saturated heterocycles. The summed E-state index contributed by atoms with van der Waals surface area (Å²) in [4.78, 5) is 4.56. The molecule has 4 rings (SSSR count). The maximum absolute atomic E-state index is 12.7. The van der Waals surface area contributed by atoms with Gasteiger partial charge in [-0.3, -0.25) is 4.99 Å². The lowest BCUT2D eigenvalue weighted by Gasteiger charge is -2.10. The number of rotatable bonds is 7. The number of aryl methyl sites for hydroxylation is 1. The van der Waals surface area contributed by atoms with Gasteiger partial charge in [-0.15, -0.1) is 0 Å². The number of para-hydroxylation sites is 1. The summed E-state index contributed by atoms with van der Waals surface area (Å²) in [5.41, 5.74) is 2.16. The summed E-state index contributed by atoms with van der Waals surface area (Å²) in [5, 5.41) is 0. The van der Waals surface area contributed by atoms with Gasteiger partial charge in [0.1, 0.15) is 16.4 Å². The van der Waals surface area contributed by atoms with Gasteiger partial charge in [0.15, 0.2) is 5.75 Å². The second-order valence-electron chi connectivity index (χ2n) is 7.20. The number of hydrogen-bond donors (Lipinski definition) is 0. The number of hydrogen-bond acceptors (Lipinski definition) is 5. The predicted octanol–water partition coefficient (Wildman–Crippen LogP) is 7.07. The van der Waals surface area contributed by atoms with E-state index in [4.69, 9.17) is 8.92 Å². The average Bonchev–Trinajstić information content (AvgIpc) is 2.81. The van der Waals surface area contributed by atoms with Crippen molar-refractivity contribution in [2.45, 2.75) is 11.8 Å². The molecule has 4 aromatic carbocycles. The number of nitrogens with zero attached hydrogens (tertiary/aromatic N) is 1. The van der Waals surface area contributed by atoms with E-state index in [1.807, 2.05) is 61.5 Å². The highest BCUT2D eigenvalue weighted by Crippen LogP contribution is 2.27. The number of aliphatic imine (C=N–C) groups is 1. The first-order valence-electron chi connectivity index (χ1n) is 10.1. The zero-order chi connectivity index (χ0) is 23.3. The minimum atomic E-state index is -3.98. The molecule has 0 N–H and O–H groups in total. The average molecular weight is 522 g/mol. The van der Waals surface area contributed by atoms with Gasteiger partial charge < -0.3 is 8.92 Å². The monoisotopic (exact) mass is 521 g/mol. The molecular weight excluding hydrogens is 502 g/mol. The van der Waals surface area contributed by atoms with E-state index < -0.39 is 10.1 Å². The number of benzene rings is 4. The van der Waals surface area contributed by atoms with Crippen LogP contribution in [0.2, 0.25) is 0 Å². The van der Waals surface area contributed by atoms with Crippen LogP contribution in [-0.2, 0) is 10.1 Å². The predicted molar refractivity (Wildman–Crippen MR) is 133 cm³/mol. The van der Waals surface area contributed by atoms with Crippen LogP contribution in [0.15, 0.2) is 111 Å². The second kappa shape index (κ2) is 10.0. The molecule has 0 bridgehead atoms. The van der Waals surface area contributed by atoms with Crippen LogP contribution < -0.4 is 8.92 Å². The van der Waals surface area contributed by atoms with Gasteiger partial charge in [-0.25, -0.2) is 0 Å². The molecule has 0 unspecified atom stereocenters. The maximum Gasteiger partial charge on any atom is 0.339 e. The first-order chi connectivity index (χ1) is 15.9. The fraction of sp³-hybridized carbons (Fsp3) is 0.0385. The van der Waals surface area contributed by atoms with Crippen LogP contribution in [0.3, 0.4) is 0 Å². The van der Waals surface area contributed by atoms with Crippen LogP contribution in [0.4, 0.5) is 5.69 Å². The molecule has 5 nitrogen and oxygen atoms in total. The van der Waals surface area contributed by atoms with Gasteiger partial charge >= 0.3 is 10.1 Å². The third kappa shape index (κ3) is 6.09. The van der Waals surface area contributed by atoms with E-state index in [9.17, 15) is 8.42 Å². The Labute approximate surface area is 201 Å². The van der Waals surface area contributed by atoms with Crippen molar-refractivity contribution in [3.8, 4) is 17.2 Å². The third-order valence-electron chi connectivity index (χ3n) is 4.65. The summed E-state index contributed by atoms with van der Waals surface area (Å²) in [6, 6.07) is 28.3. The first kappa shape index (κ1) is 22.8. The second-order valence-corrected chi connectivity index (χ2v) is 9.66. The molecule has 166 valence electrons. The highest BCUT2D eigenvalue weighted by atomic mass is 79.9. The molecule has 0 aliphatic carbocycles. The van der Waals surface area contributed by atoms with Crippen molar-refractivity contribution < 1.29 is 17.3 Å². The quantitative estimate of drug-likeness (QED) is 0.192. The lowest BCUT2D eigenvalue weighted by atomic mass is 10.2. The van der Waals surface area contributed by atoms with Crippen molar-refractivity contribution in [2.75, 3.05) is 0 Å². The fourth-order valence-corrected chi connectivity index (χ4v) is 4.27. The van der Waals surface area contributed by atoms with Crippen molar-refractivity contribution in [3.05, 3.63) is 113 Å². The van der Waals surface area contributed by atoms with E-state index in [1.54, 1.807) is 36.5 Å². The van der Waals surface area contributed by atoms with E-state index in [0.717, 1.165) is 15.8 Å². The van der Waals surface area contributed by atoms with E-state index in [0.29, 0.717) is 17.0 Å². The van der Waals surface area contributed by atoms with Gasteiger partial charge in [-0.05, 0) is 73.7 Å². The van der Waals surface area contributed by atoms with E-state index in [2.05, 4.69) is 20.9 Å². The molecule has 0 fully saturated rings. The largest absolute Gasteiger partial charge is 0.457 e. The summed E-state index contributed by atoms with van der Waals surface area (Å²) in [6.45, 7) is 1.89. The smallest absolute Gasteiger partial charge is 0.339 e. The van der Waals surface area contributed by atoms with Crippen molar-refractivity contribution in [1.29, 1.82) is 0 Å². The van der Waals surface area contributed by atoms with Crippen LogP contribution >= 0.6 is 15.9 Å². The zero-order valence-electron chi connectivity index (χ0n) is 17.7. The molecule has 4 aromatic rings. The Morgan fingerprint density at radius 2 is 1.48 bits per heavy atom. The molecule has 7 heteroatoms. The van der Waals surface area contributed by atoms with E-state index >= 15 is 0 Å². The molecular formula is C26H20BrNO4S. The van der Waals surface area contributed by atoms with Crippen LogP contribution in [0.5, 0.6) is 17.2 Å². The number of halogens is 1. The van der Waals surface area contributed by atoms with Crippen molar-refractivity contribution in [1.82, 2.24) is 0 Å².